The number of rotatable bonds is 5. The summed E-state index contributed by atoms with van der Waals surface area (Å²) in [4.78, 5) is 30.3. The number of hydrogen-bond acceptors (Lipinski definition) is 5. The molecule has 63 heavy (non-hydrogen) atoms. The molecule has 4 heterocycles. The molecular formula is C54H59ClN6O2. The number of nitrogens with two attached hydrogens (primary N) is 1. The van der Waals surface area contributed by atoms with E-state index in [1.807, 2.05) is 0 Å². The van der Waals surface area contributed by atoms with Crippen molar-refractivity contribution in [3.63, 3.8) is 0 Å². The summed E-state index contributed by atoms with van der Waals surface area (Å²) in [6, 6.07) is 52.1. The van der Waals surface area contributed by atoms with Crippen molar-refractivity contribution in [2.45, 2.75) is 49.4 Å². The van der Waals surface area contributed by atoms with Gasteiger partial charge in [0, 0.05) is 101 Å². The zero-order valence-corrected chi connectivity index (χ0v) is 37.6. The second-order valence-corrected chi connectivity index (χ2v) is 17.8. The van der Waals surface area contributed by atoms with Crippen LogP contribution in [-0.2, 0) is 0 Å². The van der Waals surface area contributed by atoms with Crippen LogP contribution in [0.5, 0.6) is 0 Å². The molecule has 0 saturated carbocycles. The SMILES string of the molecule is CN(C)C(=O)Cl.CN(C)C(=O)Nc1cc2c3c(c1)C(c1ccccc1)CCN3CCC2c1ccccc1.Nc1cc2c3c(c1)C(c1ccccc1)CCN3CCC2c1ccccc1. The second kappa shape index (κ2) is 19.4. The van der Waals surface area contributed by atoms with E-state index in [-0.39, 0.29) is 6.03 Å². The minimum atomic E-state index is -0.435. The van der Waals surface area contributed by atoms with Crippen molar-refractivity contribution < 1.29 is 9.59 Å². The van der Waals surface area contributed by atoms with Crippen molar-refractivity contribution >= 4 is 45.7 Å². The van der Waals surface area contributed by atoms with Gasteiger partial charge >= 0.3 is 11.4 Å². The topological polar surface area (TPSA) is 85.2 Å². The maximum absolute atomic E-state index is 12.5. The number of benzene rings is 6. The van der Waals surface area contributed by atoms with E-state index < -0.39 is 5.37 Å². The van der Waals surface area contributed by atoms with Crippen LogP contribution in [0.2, 0.25) is 0 Å². The fourth-order valence-electron chi connectivity index (χ4n) is 10.0. The van der Waals surface area contributed by atoms with E-state index >= 15 is 0 Å². The molecule has 4 aliphatic rings. The molecule has 324 valence electrons. The van der Waals surface area contributed by atoms with Crippen LogP contribution < -0.4 is 20.9 Å². The first kappa shape index (κ1) is 43.4. The standard InChI is InChI=1S/C27H29N3O.C24H24N2.C3H6ClNO/c1-29(2)27(31)28-21-17-24-22(19-9-5-3-6-10-19)13-15-30-16-14-23(25(18-21)26(24)30)20-11-7-4-8-12-20;25-19-15-22-20(17-7-3-1-4-8-17)11-13-26-14-12-21(23(16-19)24(22)26)18-9-5-2-6-10-18;1-5(2)3(4)6/h3-12,17-18,22-23H,13-16H2,1-2H3,(H,28,31);1-10,15-16,20-21H,11-14,25H2;1-2H3. The third-order valence-electron chi connectivity index (χ3n) is 13.1. The summed E-state index contributed by atoms with van der Waals surface area (Å²) in [6.07, 6.45) is 4.51. The molecule has 0 aliphatic carbocycles. The first-order chi connectivity index (χ1) is 30.6. The summed E-state index contributed by atoms with van der Waals surface area (Å²) in [5.41, 5.74) is 22.0. The zero-order chi connectivity index (χ0) is 44.0. The number of amides is 3. The maximum atomic E-state index is 12.5. The molecule has 6 aromatic carbocycles. The summed E-state index contributed by atoms with van der Waals surface area (Å²) < 4.78 is 0. The van der Waals surface area contributed by atoms with E-state index in [4.69, 9.17) is 17.3 Å². The van der Waals surface area contributed by atoms with E-state index in [9.17, 15) is 9.59 Å². The van der Waals surface area contributed by atoms with Crippen molar-refractivity contribution in [2.75, 3.05) is 75.2 Å². The Balaban J connectivity index is 0.000000155. The molecule has 4 atom stereocenters. The monoisotopic (exact) mass is 858 g/mol. The van der Waals surface area contributed by atoms with Crippen molar-refractivity contribution in [2.24, 2.45) is 0 Å². The largest absolute Gasteiger partial charge is 0.399 e. The highest BCUT2D eigenvalue weighted by atomic mass is 35.5. The van der Waals surface area contributed by atoms with E-state index in [1.165, 1.54) is 60.8 Å². The Morgan fingerprint density at radius 2 is 0.794 bits per heavy atom. The Bertz CT molecular complexity index is 2350. The summed E-state index contributed by atoms with van der Waals surface area (Å²) in [7, 11) is 6.74. The van der Waals surface area contributed by atoms with Crippen LogP contribution in [-0.4, -0.2) is 75.6 Å². The average molecular weight is 860 g/mol. The minimum absolute atomic E-state index is 0.0943. The molecule has 0 aromatic heterocycles. The molecule has 6 aromatic rings. The first-order valence-electron chi connectivity index (χ1n) is 22.2. The molecule has 0 saturated heterocycles. The third kappa shape index (κ3) is 9.57. The van der Waals surface area contributed by atoms with Crippen molar-refractivity contribution in [1.29, 1.82) is 0 Å². The molecular weight excluding hydrogens is 800 g/mol. The quantitative estimate of drug-likeness (QED) is 0.102. The van der Waals surface area contributed by atoms with Crippen LogP contribution in [0, 0.1) is 0 Å². The normalized spacial score (nSPS) is 19.1. The van der Waals surface area contributed by atoms with Crippen molar-refractivity contribution in [3.8, 4) is 0 Å². The third-order valence-corrected chi connectivity index (χ3v) is 13.4. The number of nitrogens with zero attached hydrogens (tertiary/aromatic N) is 4. The number of urea groups is 1. The van der Waals surface area contributed by atoms with Crippen LogP contribution in [0.4, 0.5) is 32.3 Å². The molecule has 0 spiro atoms. The highest BCUT2D eigenvalue weighted by molar-refractivity contribution is 6.62. The van der Waals surface area contributed by atoms with E-state index in [0.717, 1.165) is 63.2 Å². The number of hydrogen-bond donors (Lipinski definition) is 2. The van der Waals surface area contributed by atoms with Gasteiger partial charge in [-0.2, -0.15) is 0 Å². The smallest absolute Gasteiger partial charge is 0.321 e. The molecule has 0 bridgehead atoms. The number of anilines is 4. The van der Waals surface area contributed by atoms with Gasteiger partial charge in [0.2, 0.25) is 0 Å². The lowest BCUT2D eigenvalue weighted by Gasteiger charge is -2.43. The summed E-state index contributed by atoms with van der Waals surface area (Å²) in [5.74, 6) is 1.58. The highest BCUT2D eigenvalue weighted by Gasteiger charge is 2.36. The van der Waals surface area contributed by atoms with Crippen LogP contribution in [0.1, 0.15) is 93.9 Å². The van der Waals surface area contributed by atoms with Gasteiger partial charge in [-0.1, -0.05) is 121 Å². The Morgan fingerprint density at radius 1 is 0.508 bits per heavy atom. The van der Waals surface area contributed by atoms with E-state index in [2.05, 4.69) is 161 Å². The Labute approximate surface area is 378 Å². The predicted molar refractivity (Wildman–Crippen MR) is 261 cm³/mol. The van der Waals surface area contributed by atoms with Gasteiger partial charge in [0.1, 0.15) is 0 Å². The molecule has 0 radical (unpaired) electrons. The van der Waals surface area contributed by atoms with Gasteiger partial charge in [0.05, 0.1) is 0 Å². The van der Waals surface area contributed by atoms with Gasteiger partial charge in [0.25, 0.3) is 0 Å². The number of nitrogen functional groups attached to an aromatic ring is 1. The summed E-state index contributed by atoms with van der Waals surface area (Å²) in [6.45, 7) is 4.41. The fourth-order valence-corrected chi connectivity index (χ4v) is 10.0. The number of carbonyl (C=O) groups is 2. The Kier molecular flexibility index (Phi) is 13.4. The van der Waals surface area contributed by atoms with E-state index in [0.29, 0.717) is 23.7 Å². The van der Waals surface area contributed by atoms with E-state index in [1.54, 1.807) is 33.1 Å². The van der Waals surface area contributed by atoms with Crippen molar-refractivity contribution in [1.82, 2.24) is 9.80 Å². The molecule has 0 fully saturated rings. The Morgan fingerprint density at radius 3 is 1.06 bits per heavy atom. The van der Waals surface area contributed by atoms with Gasteiger partial charge in [0.15, 0.2) is 0 Å². The van der Waals surface area contributed by atoms with Crippen molar-refractivity contribution in [3.05, 3.63) is 190 Å². The molecule has 9 heteroatoms. The minimum Gasteiger partial charge on any atom is -0.399 e. The van der Waals surface area contributed by atoms with Gasteiger partial charge in [-0.3, -0.25) is 4.79 Å². The fraction of sp³-hybridized carbons (Fsp3) is 0.296. The maximum Gasteiger partial charge on any atom is 0.321 e. The van der Waals surface area contributed by atoms with Crippen LogP contribution in [0.3, 0.4) is 0 Å². The molecule has 3 N–H and O–H groups in total. The number of carbonyl (C=O) groups excluding carboxylic acids is 2. The summed E-state index contributed by atoms with van der Waals surface area (Å²) in [5, 5.41) is 2.68. The number of nitrogens with one attached hydrogen (secondary N) is 1. The molecule has 3 amide bonds. The predicted octanol–water partition coefficient (Wildman–Crippen LogP) is 11.7. The first-order valence-corrected chi connectivity index (χ1v) is 22.6. The van der Waals surface area contributed by atoms with Crippen LogP contribution in [0.15, 0.2) is 146 Å². The molecule has 8 nitrogen and oxygen atoms in total. The van der Waals surface area contributed by atoms with Gasteiger partial charge < -0.3 is 30.7 Å². The highest BCUT2D eigenvalue weighted by Crippen LogP contribution is 2.51. The lowest BCUT2D eigenvalue weighted by atomic mass is 9.76. The lowest BCUT2D eigenvalue weighted by molar-refractivity contribution is 0.230. The Hall–Kier alpha value is -6.25. The summed E-state index contributed by atoms with van der Waals surface area (Å²) >= 11 is 4.90. The van der Waals surface area contributed by atoms with Gasteiger partial charge in [-0.25, -0.2) is 4.79 Å². The van der Waals surface area contributed by atoms with Crippen LogP contribution >= 0.6 is 11.6 Å². The number of halogens is 1. The lowest BCUT2D eigenvalue weighted by Crippen LogP contribution is -2.38. The second-order valence-electron chi connectivity index (χ2n) is 17.5. The van der Waals surface area contributed by atoms with Gasteiger partial charge in [-0.05, 0) is 106 Å². The van der Waals surface area contributed by atoms with Gasteiger partial charge in [-0.15, -0.1) is 0 Å². The van der Waals surface area contributed by atoms with Crippen LogP contribution in [0.25, 0.3) is 0 Å². The molecule has 4 aliphatic heterocycles. The molecule has 4 unspecified atom stereocenters. The zero-order valence-electron chi connectivity index (χ0n) is 36.9. The average Bonchev–Trinajstić information content (AvgIpc) is 3.31. The molecule has 10 rings (SSSR count).